The van der Waals surface area contributed by atoms with Crippen LogP contribution in [-0.4, -0.2) is 18.5 Å². The zero-order valence-corrected chi connectivity index (χ0v) is 12.2. The third-order valence-electron chi connectivity index (χ3n) is 4.94. The first-order chi connectivity index (χ1) is 10.4. The van der Waals surface area contributed by atoms with Crippen molar-refractivity contribution in [2.75, 3.05) is 13.6 Å². The van der Waals surface area contributed by atoms with Crippen molar-refractivity contribution >= 4 is 0 Å². The van der Waals surface area contributed by atoms with Crippen molar-refractivity contribution in [3.63, 3.8) is 0 Å². The summed E-state index contributed by atoms with van der Waals surface area (Å²) in [6.45, 7) is 0.997. The predicted octanol–water partition coefficient (Wildman–Crippen LogP) is 4.46. The maximum Gasteiger partial charge on any atom is 0.416 e. The van der Waals surface area contributed by atoms with Gasteiger partial charge in [0.15, 0.2) is 0 Å². The quantitative estimate of drug-likeness (QED) is 0.694. The molecule has 2 aromatic carbocycles. The van der Waals surface area contributed by atoms with Crippen molar-refractivity contribution < 1.29 is 13.2 Å². The van der Waals surface area contributed by atoms with E-state index in [-0.39, 0.29) is 6.04 Å². The molecule has 2 aromatic rings. The Balaban J connectivity index is 1.95. The molecule has 22 heavy (non-hydrogen) atoms. The molecule has 0 aromatic heterocycles. The highest BCUT2D eigenvalue weighted by molar-refractivity contribution is 5.76. The van der Waals surface area contributed by atoms with Crippen LogP contribution in [0.4, 0.5) is 13.2 Å². The molecule has 1 heterocycles. The monoisotopic (exact) mass is 303 g/mol. The Labute approximate surface area is 127 Å². The molecule has 4 rings (SSSR count). The number of benzene rings is 2. The SMILES string of the molecule is CN1CCc2cccc3c2[C@@H]1Cc1ccc(C(F)(F)F)cc1-3. The molecule has 0 N–H and O–H groups in total. The molecule has 2 aliphatic rings. The second kappa shape index (κ2) is 4.59. The van der Waals surface area contributed by atoms with Crippen LogP contribution < -0.4 is 0 Å². The number of hydrogen-bond donors (Lipinski definition) is 0. The standard InChI is InChI=1S/C18H16F3N/c1-22-8-7-11-3-2-4-14-15-10-13(18(19,20)21)6-5-12(15)9-16(22)17(11)14/h2-6,10,16H,7-9H2,1H3/t16-/m0/s1. The average molecular weight is 303 g/mol. The first-order valence-corrected chi connectivity index (χ1v) is 7.47. The first kappa shape index (κ1) is 13.8. The molecular weight excluding hydrogens is 287 g/mol. The predicted molar refractivity (Wildman–Crippen MR) is 79.7 cm³/mol. The van der Waals surface area contributed by atoms with E-state index in [2.05, 4.69) is 18.0 Å². The van der Waals surface area contributed by atoms with Gasteiger partial charge >= 0.3 is 6.18 Å². The van der Waals surface area contributed by atoms with Gasteiger partial charge in [0.05, 0.1) is 5.56 Å². The molecule has 4 heteroatoms. The fourth-order valence-electron chi connectivity index (χ4n) is 3.78. The molecule has 114 valence electrons. The van der Waals surface area contributed by atoms with E-state index < -0.39 is 11.7 Å². The van der Waals surface area contributed by atoms with Gasteiger partial charge in [-0.05, 0) is 59.8 Å². The molecule has 0 spiro atoms. The Hall–Kier alpha value is -1.81. The van der Waals surface area contributed by atoms with Crippen LogP contribution in [0.25, 0.3) is 11.1 Å². The van der Waals surface area contributed by atoms with Gasteiger partial charge in [-0.15, -0.1) is 0 Å². The van der Waals surface area contributed by atoms with Crippen LogP contribution in [0.2, 0.25) is 0 Å². The van der Waals surface area contributed by atoms with Crippen molar-refractivity contribution in [2.24, 2.45) is 0 Å². The molecular formula is C18H16F3N. The summed E-state index contributed by atoms with van der Waals surface area (Å²) in [5.74, 6) is 0. The van der Waals surface area contributed by atoms with Gasteiger partial charge in [0.25, 0.3) is 0 Å². The Bertz CT molecular complexity index is 748. The van der Waals surface area contributed by atoms with E-state index >= 15 is 0 Å². The van der Waals surface area contributed by atoms with Crippen molar-refractivity contribution in [3.05, 3.63) is 58.7 Å². The van der Waals surface area contributed by atoms with Crippen molar-refractivity contribution in [1.29, 1.82) is 0 Å². The van der Waals surface area contributed by atoms with Gasteiger partial charge in [0.1, 0.15) is 0 Å². The molecule has 0 radical (unpaired) electrons. The second-order valence-electron chi connectivity index (χ2n) is 6.20. The van der Waals surface area contributed by atoms with Crippen LogP contribution in [0, 0.1) is 0 Å². The minimum Gasteiger partial charge on any atom is -0.299 e. The maximum atomic E-state index is 13.0. The fraction of sp³-hybridized carbons (Fsp3) is 0.333. The fourth-order valence-corrected chi connectivity index (χ4v) is 3.78. The van der Waals surface area contributed by atoms with E-state index in [1.54, 1.807) is 6.07 Å². The van der Waals surface area contributed by atoms with E-state index in [1.807, 2.05) is 12.1 Å². The number of halogens is 3. The Morgan fingerprint density at radius 3 is 2.64 bits per heavy atom. The summed E-state index contributed by atoms with van der Waals surface area (Å²) in [6, 6.07) is 10.5. The van der Waals surface area contributed by atoms with Crippen molar-refractivity contribution in [1.82, 2.24) is 4.90 Å². The van der Waals surface area contributed by atoms with Crippen LogP contribution in [0.1, 0.15) is 28.3 Å². The number of nitrogens with zero attached hydrogens (tertiary/aromatic N) is 1. The zero-order valence-electron chi connectivity index (χ0n) is 12.2. The number of rotatable bonds is 0. The molecule has 0 fully saturated rings. The third-order valence-corrected chi connectivity index (χ3v) is 4.94. The van der Waals surface area contributed by atoms with Gasteiger partial charge in [-0.3, -0.25) is 4.90 Å². The molecule has 0 saturated carbocycles. The molecule has 0 bridgehead atoms. The molecule has 1 aliphatic heterocycles. The lowest BCUT2D eigenvalue weighted by molar-refractivity contribution is -0.137. The van der Waals surface area contributed by atoms with Gasteiger partial charge in [-0.2, -0.15) is 13.2 Å². The topological polar surface area (TPSA) is 3.24 Å². The lowest BCUT2D eigenvalue weighted by Crippen LogP contribution is -2.35. The first-order valence-electron chi connectivity index (χ1n) is 7.47. The summed E-state index contributed by atoms with van der Waals surface area (Å²) in [7, 11) is 2.10. The van der Waals surface area contributed by atoms with Gasteiger partial charge in [0.2, 0.25) is 0 Å². The van der Waals surface area contributed by atoms with E-state index in [9.17, 15) is 13.2 Å². The Morgan fingerprint density at radius 2 is 1.86 bits per heavy atom. The summed E-state index contributed by atoms with van der Waals surface area (Å²) in [5, 5.41) is 0. The summed E-state index contributed by atoms with van der Waals surface area (Å²) >= 11 is 0. The van der Waals surface area contributed by atoms with E-state index in [0.717, 1.165) is 36.1 Å². The summed E-state index contributed by atoms with van der Waals surface area (Å²) in [4.78, 5) is 2.31. The van der Waals surface area contributed by atoms with Crippen LogP contribution in [0.15, 0.2) is 36.4 Å². The van der Waals surface area contributed by atoms with Crippen LogP contribution in [0.3, 0.4) is 0 Å². The third kappa shape index (κ3) is 1.97. The number of fused-ring (bicyclic) bond motifs is 2. The summed E-state index contributed by atoms with van der Waals surface area (Å²) < 4.78 is 39.1. The zero-order chi connectivity index (χ0) is 15.5. The Kier molecular flexibility index (Phi) is 2.89. The lowest BCUT2D eigenvalue weighted by Gasteiger charge is -2.39. The molecule has 1 atom stereocenters. The van der Waals surface area contributed by atoms with Gasteiger partial charge in [0, 0.05) is 12.6 Å². The smallest absolute Gasteiger partial charge is 0.299 e. The normalized spacial score (nSPS) is 20.5. The summed E-state index contributed by atoms with van der Waals surface area (Å²) in [5.41, 5.74) is 4.68. The van der Waals surface area contributed by atoms with E-state index in [0.29, 0.717) is 0 Å². The highest BCUT2D eigenvalue weighted by atomic mass is 19.4. The lowest BCUT2D eigenvalue weighted by atomic mass is 9.77. The molecule has 1 nitrogen and oxygen atoms in total. The number of hydrogen-bond acceptors (Lipinski definition) is 1. The second-order valence-corrected chi connectivity index (χ2v) is 6.20. The minimum absolute atomic E-state index is 0.282. The van der Waals surface area contributed by atoms with Gasteiger partial charge in [-0.25, -0.2) is 0 Å². The van der Waals surface area contributed by atoms with Crippen LogP contribution >= 0.6 is 0 Å². The van der Waals surface area contributed by atoms with E-state index in [4.69, 9.17) is 0 Å². The van der Waals surface area contributed by atoms with Crippen LogP contribution in [0.5, 0.6) is 0 Å². The average Bonchev–Trinajstić information content (AvgIpc) is 2.49. The minimum atomic E-state index is -4.29. The highest BCUT2D eigenvalue weighted by Gasteiger charge is 2.35. The largest absolute Gasteiger partial charge is 0.416 e. The Morgan fingerprint density at radius 1 is 1.05 bits per heavy atom. The molecule has 1 aliphatic carbocycles. The van der Waals surface area contributed by atoms with Crippen molar-refractivity contribution in [2.45, 2.75) is 25.1 Å². The summed E-state index contributed by atoms with van der Waals surface area (Å²) in [6.07, 6.45) is -2.55. The number of likely N-dealkylation sites (N-methyl/N-ethyl adjacent to an activating group) is 1. The van der Waals surface area contributed by atoms with E-state index in [1.165, 1.54) is 23.3 Å². The molecule has 0 unspecified atom stereocenters. The molecule has 0 amide bonds. The number of alkyl halides is 3. The van der Waals surface area contributed by atoms with Gasteiger partial charge in [-0.1, -0.05) is 24.3 Å². The maximum absolute atomic E-state index is 13.0. The van der Waals surface area contributed by atoms with Gasteiger partial charge < -0.3 is 0 Å². The van der Waals surface area contributed by atoms with Crippen LogP contribution in [-0.2, 0) is 19.0 Å². The highest BCUT2D eigenvalue weighted by Crippen LogP contribution is 2.46. The molecule has 0 saturated heterocycles. The van der Waals surface area contributed by atoms with Crippen molar-refractivity contribution in [3.8, 4) is 11.1 Å².